The summed E-state index contributed by atoms with van der Waals surface area (Å²) in [5, 5.41) is 16.1. The maximum Gasteiger partial charge on any atom is 0.251 e. The molecule has 140 valence electrons. The van der Waals surface area contributed by atoms with Crippen LogP contribution in [0.25, 0.3) is 0 Å². The zero-order valence-corrected chi connectivity index (χ0v) is 15.3. The molecule has 0 heterocycles. The zero-order chi connectivity index (χ0) is 19.2. The summed E-state index contributed by atoms with van der Waals surface area (Å²) in [4.78, 5) is 24.8. The van der Waals surface area contributed by atoms with Crippen LogP contribution in [0.4, 0.5) is 0 Å². The van der Waals surface area contributed by atoms with Gasteiger partial charge in [-0.3, -0.25) is 9.59 Å². The molecule has 0 radical (unpaired) electrons. The van der Waals surface area contributed by atoms with Crippen molar-refractivity contribution >= 4 is 11.8 Å². The molecule has 0 aromatic heterocycles. The molecular weight excluding hydrogens is 340 g/mol. The van der Waals surface area contributed by atoms with E-state index in [1.54, 1.807) is 31.2 Å². The minimum Gasteiger partial charge on any atom is -0.389 e. The maximum absolute atomic E-state index is 12.4. The largest absolute Gasteiger partial charge is 0.389 e. The Labute approximate surface area is 159 Å². The highest BCUT2D eigenvalue weighted by molar-refractivity contribution is 5.95. The normalized spacial score (nSPS) is 20.3. The van der Waals surface area contributed by atoms with Gasteiger partial charge in [0.15, 0.2) is 0 Å². The predicted octanol–water partition coefficient (Wildman–Crippen LogP) is 2.68. The van der Waals surface area contributed by atoms with Crippen LogP contribution in [0.15, 0.2) is 72.3 Å². The van der Waals surface area contributed by atoms with Crippen molar-refractivity contribution < 1.29 is 14.7 Å². The number of aliphatic hydroxyl groups is 1. The Balaban J connectivity index is 1.69. The molecule has 27 heavy (non-hydrogen) atoms. The highest BCUT2D eigenvalue weighted by Gasteiger charge is 2.28. The molecule has 1 unspecified atom stereocenters. The van der Waals surface area contributed by atoms with Gasteiger partial charge < -0.3 is 15.7 Å². The van der Waals surface area contributed by atoms with E-state index in [0.717, 1.165) is 5.57 Å². The average Bonchev–Trinajstić information content (AvgIpc) is 2.70. The number of aliphatic hydroxyl groups excluding tert-OH is 1. The Kier molecular flexibility index (Phi) is 6.04. The molecule has 3 N–H and O–H groups in total. The lowest BCUT2D eigenvalue weighted by atomic mass is 9.87. The van der Waals surface area contributed by atoms with Crippen LogP contribution in [0.1, 0.15) is 40.5 Å². The Bertz CT molecular complexity index is 816. The molecule has 1 aliphatic rings. The SMILES string of the molecule is CC(O)C1=C[C@@H](NC(=O)c2ccccc2)CC[C@H]1NC(=O)c1ccccc1. The van der Waals surface area contributed by atoms with Gasteiger partial charge in [0.2, 0.25) is 0 Å². The van der Waals surface area contributed by atoms with Gasteiger partial charge in [-0.05, 0) is 49.6 Å². The Hall–Kier alpha value is -2.92. The molecule has 0 saturated heterocycles. The molecule has 0 aliphatic heterocycles. The molecule has 0 saturated carbocycles. The minimum atomic E-state index is -0.706. The molecule has 0 spiro atoms. The van der Waals surface area contributed by atoms with E-state index in [0.29, 0.717) is 24.0 Å². The van der Waals surface area contributed by atoms with Gasteiger partial charge >= 0.3 is 0 Å². The maximum atomic E-state index is 12.4. The molecule has 3 rings (SSSR count). The van der Waals surface area contributed by atoms with Crippen LogP contribution >= 0.6 is 0 Å². The molecule has 2 aromatic rings. The smallest absolute Gasteiger partial charge is 0.251 e. The van der Waals surface area contributed by atoms with Gasteiger partial charge in [0, 0.05) is 17.2 Å². The van der Waals surface area contributed by atoms with E-state index < -0.39 is 6.10 Å². The molecule has 2 aromatic carbocycles. The van der Waals surface area contributed by atoms with Crippen LogP contribution in [0.5, 0.6) is 0 Å². The van der Waals surface area contributed by atoms with Gasteiger partial charge in [0.1, 0.15) is 0 Å². The van der Waals surface area contributed by atoms with Crippen LogP contribution in [0.3, 0.4) is 0 Å². The van der Waals surface area contributed by atoms with E-state index in [9.17, 15) is 14.7 Å². The first-order valence-electron chi connectivity index (χ1n) is 9.16. The van der Waals surface area contributed by atoms with E-state index in [-0.39, 0.29) is 23.9 Å². The molecule has 3 atom stereocenters. The van der Waals surface area contributed by atoms with E-state index >= 15 is 0 Å². The number of amides is 2. The van der Waals surface area contributed by atoms with E-state index in [1.807, 2.05) is 42.5 Å². The number of carbonyl (C=O) groups excluding carboxylic acids is 2. The number of benzene rings is 2. The lowest BCUT2D eigenvalue weighted by Crippen LogP contribution is -2.45. The van der Waals surface area contributed by atoms with Crippen LogP contribution < -0.4 is 10.6 Å². The van der Waals surface area contributed by atoms with Crippen molar-refractivity contribution in [3.63, 3.8) is 0 Å². The molecule has 5 nitrogen and oxygen atoms in total. The fourth-order valence-electron chi connectivity index (χ4n) is 3.32. The fraction of sp³-hybridized carbons (Fsp3) is 0.273. The Morgan fingerprint density at radius 1 is 0.889 bits per heavy atom. The standard InChI is InChI=1S/C22H24N2O3/c1-15(25)19-14-18(23-21(26)16-8-4-2-5-9-16)12-13-20(19)24-22(27)17-10-6-3-7-11-17/h2-11,14-15,18,20,25H,12-13H2,1H3,(H,23,26)(H,24,27)/t15?,18-,20+/m0/s1. The van der Waals surface area contributed by atoms with Crippen LogP contribution in [-0.4, -0.2) is 35.1 Å². The van der Waals surface area contributed by atoms with Gasteiger partial charge in [-0.25, -0.2) is 0 Å². The summed E-state index contributed by atoms with van der Waals surface area (Å²) in [5.41, 5.74) is 1.91. The van der Waals surface area contributed by atoms with E-state index in [1.165, 1.54) is 0 Å². The second-order valence-electron chi connectivity index (χ2n) is 6.76. The van der Waals surface area contributed by atoms with Crippen molar-refractivity contribution in [3.05, 3.63) is 83.4 Å². The van der Waals surface area contributed by atoms with Gasteiger partial charge in [0.25, 0.3) is 11.8 Å². The van der Waals surface area contributed by atoms with E-state index in [4.69, 9.17) is 0 Å². The number of hydrogen-bond acceptors (Lipinski definition) is 3. The van der Waals surface area contributed by atoms with Crippen LogP contribution in [0.2, 0.25) is 0 Å². The third-order valence-corrected chi connectivity index (χ3v) is 4.74. The Morgan fingerprint density at radius 2 is 1.41 bits per heavy atom. The highest BCUT2D eigenvalue weighted by Crippen LogP contribution is 2.22. The second-order valence-corrected chi connectivity index (χ2v) is 6.76. The summed E-state index contributed by atoms with van der Waals surface area (Å²) in [7, 11) is 0. The topological polar surface area (TPSA) is 78.4 Å². The van der Waals surface area contributed by atoms with Crippen LogP contribution in [0, 0.1) is 0 Å². The van der Waals surface area contributed by atoms with Crippen molar-refractivity contribution in [1.82, 2.24) is 10.6 Å². The summed E-state index contributed by atoms with van der Waals surface area (Å²) in [5.74, 6) is -0.313. The second kappa shape index (κ2) is 8.64. The van der Waals surface area contributed by atoms with Crippen molar-refractivity contribution in [2.24, 2.45) is 0 Å². The minimum absolute atomic E-state index is 0.145. The molecule has 2 amide bonds. The van der Waals surface area contributed by atoms with Gasteiger partial charge in [0.05, 0.1) is 12.1 Å². The molecule has 5 heteroatoms. The summed E-state index contributed by atoms with van der Waals surface area (Å²) >= 11 is 0. The molecular formula is C22H24N2O3. The number of hydrogen-bond donors (Lipinski definition) is 3. The van der Waals surface area contributed by atoms with Crippen molar-refractivity contribution in [2.75, 3.05) is 0 Å². The number of rotatable bonds is 5. The van der Waals surface area contributed by atoms with Crippen molar-refractivity contribution in [3.8, 4) is 0 Å². The van der Waals surface area contributed by atoms with Gasteiger partial charge in [-0.1, -0.05) is 42.5 Å². The van der Waals surface area contributed by atoms with Gasteiger partial charge in [-0.2, -0.15) is 0 Å². The summed E-state index contributed by atoms with van der Waals surface area (Å²) in [6, 6.07) is 17.6. The molecule has 1 aliphatic carbocycles. The third-order valence-electron chi connectivity index (χ3n) is 4.74. The van der Waals surface area contributed by atoms with E-state index in [2.05, 4.69) is 10.6 Å². The quantitative estimate of drug-likeness (QED) is 0.714. The lowest BCUT2D eigenvalue weighted by Gasteiger charge is -2.31. The lowest BCUT2D eigenvalue weighted by molar-refractivity contribution is 0.0913. The summed E-state index contributed by atoms with van der Waals surface area (Å²) < 4.78 is 0. The monoisotopic (exact) mass is 364 g/mol. The number of nitrogens with one attached hydrogen (secondary N) is 2. The van der Waals surface area contributed by atoms with Crippen LogP contribution in [-0.2, 0) is 0 Å². The first-order chi connectivity index (χ1) is 13.0. The molecule has 0 bridgehead atoms. The summed E-state index contributed by atoms with van der Waals surface area (Å²) in [6.07, 6.45) is 2.50. The molecule has 0 fully saturated rings. The summed E-state index contributed by atoms with van der Waals surface area (Å²) in [6.45, 7) is 1.68. The fourth-order valence-corrected chi connectivity index (χ4v) is 3.32. The highest BCUT2D eigenvalue weighted by atomic mass is 16.3. The van der Waals surface area contributed by atoms with Crippen molar-refractivity contribution in [2.45, 2.75) is 38.0 Å². The third kappa shape index (κ3) is 4.83. The first-order valence-corrected chi connectivity index (χ1v) is 9.16. The zero-order valence-electron chi connectivity index (χ0n) is 15.3. The number of carbonyl (C=O) groups is 2. The average molecular weight is 364 g/mol. The van der Waals surface area contributed by atoms with Gasteiger partial charge in [-0.15, -0.1) is 0 Å². The first kappa shape index (κ1) is 18.9. The Morgan fingerprint density at radius 3 is 1.93 bits per heavy atom. The van der Waals surface area contributed by atoms with Crippen molar-refractivity contribution in [1.29, 1.82) is 0 Å². The predicted molar refractivity (Wildman–Crippen MR) is 104 cm³/mol.